The largest absolute Gasteiger partial charge is 0.480 e. The lowest BCUT2D eigenvalue weighted by Gasteiger charge is -2.28. The van der Waals surface area contributed by atoms with Gasteiger partial charge in [0, 0.05) is 46.2 Å². The summed E-state index contributed by atoms with van der Waals surface area (Å²) in [6, 6.07) is 39.0. The molecule has 0 bridgehead atoms. The number of carboxylic acids is 1. The summed E-state index contributed by atoms with van der Waals surface area (Å²) in [4.78, 5) is 158. The summed E-state index contributed by atoms with van der Waals surface area (Å²) >= 11 is 8.20. The SMILES string of the molecule is CC(C)C[C@H](NC(=O)CNC(=O)[C@H](Cc1ccccc1)NC(=O)[C@H](Cc1ccccc1)NC(=O)CN1C(=O)/C(=C\c2ccc(-c3ccc(N(c4ccccc4)c4ccccc4)cc3)s2)SC1=S)C(=O)N[C@@H](C)C(=O)N[C@@H](CCCNC(=N)N)C(=O)N[C@@H](CC(C)C)C(=O)N[C@@H](CC(C)C)C(=O)N[C@H](C(=O)O)[C@@H](C)O. The van der Waals surface area contributed by atoms with Crippen molar-refractivity contribution in [1.29, 1.82) is 5.41 Å². The molecule has 0 unspecified atom stereocenters. The molecule has 0 spiro atoms. The van der Waals surface area contributed by atoms with Gasteiger partial charge in [0.2, 0.25) is 53.2 Å². The van der Waals surface area contributed by atoms with Gasteiger partial charge in [-0.05, 0) is 135 Å². The van der Waals surface area contributed by atoms with Gasteiger partial charge in [0.15, 0.2) is 12.0 Å². The number of benzene rings is 5. The fraction of sp³-hybridized carbons (Fsp3) is 0.380. The number of thiocarbonyl (C=S) groups is 1. The molecule has 580 valence electrons. The molecule has 30 heteroatoms. The number of aliphatic hydroxyl groups is 1. The number of anilines is 3. The molecule has 0 radical (unpaired) electrons. The van der Waals surface area contributed by atoms with Crippen LogP contribution in [-0.4, -0.2) is 165 Å². The lowest BCUT2D eigenvalue weighted by molar-refractivity contribution is -0.145. The number of carbonyl (C=O) groups excluding carboxylic acids is 10. The van der Waals surface area contributed by atoms with Crippen molar-refractivity contribution in [3.05, 3.63) is 179 Å². The molecule has 1 aromatic heterocycles. The number of aliphatic carboxylic acids is 1. The molecule has 6 aromatic rings. The predicted molar refractivity (Wildman–Crippen MR) is 426 cm³/mol. The third-order valence-electron chi connectivity index (χ3n) is 17.2. The summed E-state index contributed by atoms with van der Waals surface area (Å²) in [6.07, 6.45) is 0.417. The van der Waals surface area contributed by atoms with Crippen LogP contribution in [-0.2, 0) is 65.6 Å². The lowest BCUT2D eigenvalue weighted by Crippen LogP contribution is -2.60. The normalized spacial score (nSPS) is 14.9. The standard InChI is InChI=1S/C79H98N14O13S3/c1-46(2)38-59(72(100)84-49(7)69(97)87-58(30-21-37-82-78(80)81)71(99)88-60(39-47(3)4)73(101)89-61(40-48(5)6)75(103)91-68(50(8)94)77(105)106)85-66(95)44-83-70(98)62(41-51-22-13-9-14-23-51)90-74(102)63(42-52-24-15-10-16-25-52)86-67(96)45-92-76(104)65(109-79(92)107)43-57-35-36-64(108-57)53-31-33-56(34-32-53)93(54-26-17-11-18-27-54)55-28-19-12-20-29-55/h9-20,22-29,31-36,43,46-50,58-63,68,94H,21,30,37-42,44-45H2,1-8H3,(H,83,98)(H,84,100)(H,85,95)(H,86,96)(H,87,97)(H,88,99)(H,89,101)(H,90,102)(H,91,103)(H,105,106)(H4,80,81,82)/b65-43+/t49-,50+,58-,59-,60-,61-,62-,63-,68-/m0/s1. The lowest BCUT2D eigenvalue weighted by atomic mass is 9.99. The number of carboxylic acid groups (broad SMARTS) is 1. The second-order valence-corrected chi connectivity index (χ2v) is 30.6. The highest BCUT2D eigenvalue weighted by Crippen LogP contribution is 2.39. The van der Waals surface area contributed by atoms with Crippen molar-refractivity contribution in [1.82, 2.24) is 58.1 Å². The van der Waals surface area contributed by atoms with Crippen molar-refractivity contribution >= 4 is 134 Å². The Bertz CT molecular complexity index is 4130. The number of nitrogens with one attached hydrogen (secondary N) is 11. The summed E-state index contributed by atoms with van der Waals surface area (Å²) in [5.74, 6) is -10.2. The van der Waals surface area contributed by atoms with E-state index in [1.165, 1.54) is 30.1 Å². The number of aliphatic hydroxyl groups excluding tert-OH is 1. The Hall–Kier alpha value is -10.8. The second kappa shape index (κ2) is 42.1. The number of thiophene rings is 1. The highest BCUT2D eigenvalue weighted by Gasteiger charge is 2.38. The molecular weight excluding hydrogens is 1450 g/mol. The number of nitrogens with two attached hydrogens (primary N) is 1. The zero-order chi connectivity index (χ0) is 79.4. The first-order valence-electron chi connectivity index (χ1n) is 36.0. The van der Waals surface area contributed by atoms with Gasteiger partial charge in [-0.25, -0.2) is 4.79 Å². The van der Waals surface area contributed by atoms with Crippen LogP contribution in [0.25, 0.3) is 16.5 Å². The molecule has 10 amide bonds. The van der Waals surface area contributed by atoms with Gasteiger partial charge in [0.1, 0.15) is 53.2 Å². The Morgan fingerprint density at radius 2 is 0.963 bits per heavy atom. The average molecular weight is 1550 g/mol. The van der Waals surface area contributed by atoms with Crippen LogP contribution in [0.5, 0.6) is 0 Å². The summed E-state index contributed by atoms with van der Waals surface area (Å²) < 4.78 is 0.136. The van der Waals surface area contributed by atoms with Gasteiger partial charge in [0.25, 0.3) is 5.91 Å². The van der Waals surface area contributed by atoms with E-state index in [0.29, 0.717) is 16.0 Å². The molecule has 1 fully saturated rings. The van der Waals surface area contributed by atoms with Gasteiger partial charge in [0.05, 0.1) is 17.6 Å². The van der Waals surface area contributed by atoms with Crippen LogP contribution in [0.2, 0.25) is 0 Å². The van der Waals surface area contributed by atoms with Gasteiger partial charge in [-0.3, -0.25) is 58.3 Å². The van der Waals surface area contributed by atoms with Crippen molar-refractivity contribution in [3.8, 4) is 10.4 Å². The van der Waals surface area contributed by atoms with Crippen molar-refractivity contribution < 1.29 is 63.0 Å². The van der Waals surface area contributed by atoms with E-state index in [1.54, 1.807) is 108 Å². The molecule has 7 rings (SSSR count). The number of carbonyl (C=O) groups is 11. The topological polar surface area (TPSA) is 405 Å². The van der Waals surface area contributed by atoms with Gasteiger partial charge >= 0.3 is 5.97 Å². The van der Waals surface area contributed by atoms with Crippen LogP contribution in [0, 0.1) is 23.2 Å². The van der Waals surface area contributed by atoms with Crippen molar-refractivity contribution in [2.45, 2.75) is 155 Å². The number of hydrogen-bond acceptors (Lipinski definition) is 17. The van der Waals surface area contributed by atoms with E-state index in [4.69, 9.17) is 23.4 Å². The Morgan fingerprint density at radius 1 is 0.523 bits per heavy atom. The van der Waals surface area contributed by atoms with E-state index in [2.05, 4.69) is 107 Å². The molecule has 0 aliphatic carbocycles. The number of amides is 10. The van der Waals surface area contributed by atoms with Crippen LogP contribution in [0.1, 0.15) is 103 Å². The first-order valence-corrected chi connectivity index (χ1v) is 38.1. The molecule has 0 saturated carbocycles. The average Bonchev–Trinajstić information content (AvgIpc) is 1.78. The number of thioether (sulfide) groups is 1. The van der Waals surface area contributed by atoms with Crippen LogP contribution in [0.4, 0.5) is 17.1 Å². The summed E-state index contributed by atoms with van der Waals surface area (Å²) in [5.41, 5.74) is 10.7. The van der Waals surface area contributed by atoms with Crippen LogP contribution in [0.3, 0.4) is 0 Å². The van der Waals surface area contributed by atoms with E-state index in [1.807, 2.05) is 48.5 Å². The van der Waals surface area contributed by atoms with E-state index in [-0.39, 0.29) is 79.5 Å². The number of para-hydroxylation sites is 2. The third kappa shape index (κ3) is 27.1. The van der Waals surface area contributed by atoms with Crippen LogP contribution < -0.4 is 63.8 Å². The zero-order valence-corrected chi connectivity index (χ0v) is 64.6. The van der Waals surface area contributed by atoms with Crippen molar-refractivity contribution in [3.63, 3.8) is 0 Å². The maximum Gasteiger partial charge on any atom is 0.328 e. The van der Waals surface area contributed by atoms with E-state index in [9.17, 15) is 63.0 Å². The molecule has 15 N–H and O–H groups in total. The smallest absolute Gasteiger partial charge is 0.328 e. The first kappa shape index (κ1) is 85.4. The molecular formula is C79H98N14O13S3. The number of guanidine groups is 1. The Kier molecular flexibility index (Phi) is 33.0. The van der Waals surface area contributed by atoms with E-state index < -0.39 is 133 Å². The first-order chi connectivity index (χ1) is 51.9. The second-order valence-electron chi connectivity index (χ2n) is 27.8. The maximum absolute atomic E-state index is 14.6. The van der Waals surface area contributed by atoms with Gasteiger partial charge in [-0.2, -0.15) is 0 Å². The Balaban J connectivity index is 0.983. The van der Waals surface area contributed by atoms with Crippen molar-refractivity contribution in [2.24, 2.45) is 23.5 Å². The predicted octanol–water partition coefficient (Wildman–Crippen LogP) is 6.45. The molecule has 5 aromatic carbocycles. The van der Waals surface area contributed by atoms with Gasteiger partial charge in [-0.15, -0.1) is 11.3 Å². The molecule has 1 saturated heterocycles. The highest BCUT2D eigenvalue weighted by atomic mass is 32.2. The quantitative estimate of drug-likeness (QED) is 0.00645. The fourth-order valence-corrected chi connectivity index (χ4v) is 14.1. The molecule has 1 aliphatic heterocycles. The number of nitrogens with zero attached hydrogens (tertiary/aromatic N) is 2. The number of hydrogen-bond donors (Lipinski definition) is 14. The minimum absolute atomic E-state index is 0.0355. The fourth-order valence-electron chi connectivity index (χ4n) is 11.8. The summed E-state index contributed by atoms with van der Waals surface area (Å²) in [7, 11) is 0. The Labute approximate surface area is 648 Å². The Morgan fingerprint density at radius 3 is 1.47 bits per heavy atom. The van der Waals surface area contributed by atoms with E-state index >= 15 is 0 Å². The van der Waals surface area contributed by atoms with Gasteiger partial charge in [-0.1, -0.05) is 175 Å². The minimum atomic E-state index is -1.68. The molecule has 27 nitrogen and oxygen atoms in total. The zero-order valence-electron chi connectivity index (χ0n) is 62.2. The van der Waals surface area contributed by atoms with E-state index in [0.717, 1.165) is 44.1 Å². The molecule has 2 heterocycles. The third-order valence-corrected chi connectivity index (χ3v) is 19.7. The highest BCUT2D eigenvalue weighted by molar-refractivity contribution is 8.26. The maximum atomic E-state index is 14.6. The summed E-state index contributed by atoms with van der Waals surface area (Å²) in [5, 5.41) is 53.5. The minimum Gasteiger partial charge on any atom is -0.480 e. The number of rotatable bonds is 40. The molecule has 109 heavy (non-hydrogen) atoms. The summed E-state index contributed by atoms with van der Waals surface area (Å²) in [6.45, 7) is 12.1. The monoisotopic (exact) mass is 1550 g/mol. The van der Waals surface area contributed by atoms with Crippen molar-refractivity contribution in [2.75, 3.05) is 24.5 Å². The van der Waals surface area contributed by atoms with Crippen LogP contribution >= 0.6 is 35.3 Å². The van der Waals surface area contributed by atoms with Gasteiger partial charge < -0.3 is 74.0 Å². The van der Waals surface area contributed by atoms with Crippen LogP contribution in [0.15, 0.2) is 163 Å². The molecule has 9 atom stereocenters. The molecule has 1 aliphatic rings.